The molecule has 0 bridgehead atoms. The Balaban J connectivity index is 1.79. The van der Waals surface area contributed by atoms with E-state index in [1.54, 1.807) is 0 Å². The molecule has 1 saturated carbocycles. The Morgan fingerprint density at radius 2 is 1.90 bits per heavy atom. The maximum absolute atomic E-state index is 12.4. The highest BCUT2D eigenvalue weighted by molar-refractivity contribution is 6.30. The lowest BCUT2D eigenvalue weighted by Crippen LogP contribution is -2.34. The van der Waals surface area contributed by atoms with Gasteiger partial charge in [0.05, 0.1) is 6.04 Å². The molecular weight excluding hydrogens is 272 g/mol. The van der Waals surface area contributed by atoms with Crippen LogP contribution in [0, 0.1) is 5.92 Å². The lowest BCUT2D eigenvalue weighted by Gasteiger charge is -2.27. The van der Waals surface area contributed by atoms with Crippen LogP contribution in [-0.2, 0) is 4.79 Å². The molecule has 0 spiro atoms. The van der Waals surface area contributed by atoms with Gasteiger partial charge in [0, 0.05) is 11.6 Å². The molecule has 2 fully saturated rings. The highest BCUT2D eigenvalue weighted by atomic mass is 35.5. The zero-order chi connectivity index (χ0) is 14.1. The van der Waals surface area contributed by atoms with E-state index >= 15 is 0 Å². The average Bonchev–Trinajstić information content (AvgIpc) is 3.04. The summed E-state index contributed by atoms with van der Waals surface area (Å²) in [6, 6.07) is 7.69. The van der Waals surface area contributed by atoms with E-state index in [2.05, 4.69) is 5.32 Å². The average molecular weight is 293 g/mol. The van der Waals surface area contributed by atoms with Gasteiger partial charge in [0.25, 0.3) is 0 Å². The molecule has 1 aliphatic heterocycles. The summed E-state index contributed by atoms with van der Waals surface area (Å²) in [5.41, 5.74) is 1.12. The number of hydrogen-bond acceptors (Lipinski definition) is 2. The van der Waals surface area contributed by atoms with Crippen molar-refractivity contribution in [2.45, 2.75) is 44.8 Å². The first-order valence-corrected chi connectivity index (χ1v) is 7.85. The van der Waals surface area contributed by atoms with Crippen LogP contribution in [0.25, 0.3) is 0 Å². The normalized spacial score (nSPS) is 27.5. The molecule has 2 atom stereocenters. The van der Waals surface area contributed by atoms with Crippen molar-refractivity contribution >= 4 is 17.5 Å². The number of carbonyl (C=O) groups excluding carboxylic acids is 1. The van der Waals surface area contributed by atoms with Gasteiger partial charge in [-0.2, -0.15) is 0 Å². The first-order valence-electron chi connectivity index (χ1n) is 7.47. The lowest BCUT2D eigenvalue weighted by molar-refractivity contribution is -0.130. The Morgan fingerprint density at radius 3 is 2.55 bits per heavy atom. The van der Waals surface area contributed by atoms with Gasteiger partial charge in [-0.1, -0.05) is 36.6 Å². The third kappa shape index (κ3) is 2.70. The third-order valence-corrected chi connectivity index (χ3v) is 4.74. The van der Waals surface area contributed by atoms with Gasteiger partial charge in [-0.15, -0.1) is 0 Å². The maximum Gasteiger partial charge on any atom is 0.241 e. The van der Waals surface area contributed by atoms with E-state index < -0.39 is 0 Å². The Bertz CT molecular complexity index is 482. The van der Waals surface area contributed by atoms with Crippen LogP contribution in [0.15, 0.2) is 24.3 Å². The quantitative estimate of drug-likeness (QED) is 0.926. The largest absolute Gasteiger partial charge is 0.321 e. The molecule has 1 heterocycles. The van der Waals surface area contributed by atoms with Crippen molar-refractivity contribution in [3.63, 3.8) is 0 Å². The molecule has 1 amide bonds. The van der Waals surface area contributed by atoms with E-state index in [0.717, 1.165) is 17.1 Å². The molecule has 20 heavy (non-hydrogen) atoms. The number of rotatable bonds is 3. The number of carbonyl (C=O) groups is 1. The van der Waals surface area contributed by atoms with E-state index in [4.69, 9.17) is 11.6 Å². The van der Waals surface area contributed by atoms with Crippen molar-refractivity contribution in [1.29, 1.82) is 0 Å². The lowest BCUT2D eigenvalue weighted by atomic mass is 10.1. The van der Waals surface area contributed by atoms with Crippen LogP contribution in [0.3, 0.4) is 0 Å². The highest BCUT2D eigenvalue weighted by Gasteiger charge is 2.38. The smallest absolute Gasteiger partial charge is 0.241 e. The first kappa shape index (κ1) is 13.9. The molecule has 0 aromatic heterocycles. The van der Waals surface area contributed by atoms with Crippen LogP contribution in [0.4, 0.5) is 0 Å². The monoisotopic (exact) mass is 292 g/mol. The summed E-state index contributed by atoms with van der Waals surface area (Å²) >= 11 is 5.95. The molecule has 108 valence electrons. The van der Waals surface area contributed by atoms with Gasteiger partial charge in [0.2, 0.25) is 5.91 Å². The van der Waals surface area contributed by atoms with Gasteiger partial charge >= 0.3 is 0 Å². The van der Waals surface area contributed by atoms with Gasteiger partial charge in [0.1, 0.15) is 6.17 Å². The van der Waals surface area contributed by atoms with Crippen LogP contribution in [0.1, 0.15) is 44.3 Å². The van der Waals surface area contributed by atoms with Gasteiger partial charge in [-0.25, -0.2) is 0 Å². The molecule has 3 nitrogen and oxygen atoms in total. The molecule has 1 aliphatic carbocycles. The minimum Gasteiger partial charge on any atom is -0.321 e. The van der Waals surface area contributed by atoms with E-state index in [1.165, 1.54) is 25.7 Å². The molecule has 1 N–H and O–H groups in total. The molecular formula is C16H21ClN2O. The second-order valence-corrected chi connectivity index (χ2v) is 6.42. The number of amides is 1. The molecule has 1 saturated heterocycles. The van der Waals surface area contributed by atoms with Crippen LogP contribution in [0.2, 0.25) is 5.02 Å². The van der Waals surface area contributed by atoms with Crippen LogP contribution in [0.5, 0.6) is 0 Å². The topological polar surface area (TPSA) is 32.3 Å². The Kier molecular flexibility index (Phi) is 3.99. The molecule has 1 aromatic carbocycles. The van der Waals surface area contributed by atoms with Gasteiger partial charge in [0.15, 0.2) is 0 Å². The Hall–Kier alpha value is -1.06. The van der Waals surface area contributed by atoms with E-state index in [9.17, 15) is 4.79 Å². The molecule has 0 radical (unpaired) electrons. The number of benzene rings is 1. The summed E-state index contributed by atoms with van der Waals surface area (Å²) in [5.74, 6) is 0.887. The predicted octanol–water partition coefficient (Wildman–Crippen LogP) is 3.35. The fraction of sp³-hybridized carbons (Fsp3) is 0.562. The second-order valence-electron chi connectivity index (χ2n) is 5.98. The summed E-state index contributed by atoms with van der Waals surface area (Å²) in [6.45, 7) is 2.82. The van der Waals surface area contributed by atoms with Crippen molar-refractivity contribution in [2.24, 2.45) is 5.92 Å². The molecule has 3 rings (SSSR count). The summed E-state index contributed by atoms with van der Waals surface area (Å²) in [5, 5.41) is 4.13. The Morgan fingerprint density at radius 1 is 1.25 bits per heavy atom. The number of nitrogens with zero attached hydrogens (tertiary/aromatic N) is 1. The zero-order valence-electron chi connectivity index (χ0n) is 11.8. The minimum atomic E-state index is -0.0999. The van der Waals surface area contributed by atoms with E-state index in [-0.39, 0.29) is 18.1 Å². The molecule has 1 aromatic rings. The zero-order valence-corrected chi connectivity index (χ0v) is 12.6. The fourth-order valence-corrected chi connectivity index (χ4v) is 3.49. The van der Waals surface area contributed by atoms with Crippen molar-refractivity contribution < 1.29 is 4.79 Å². The molecule has 2 unspecified atom stereocenters. The molecule has 2 aliphatic rings. The van der Waals surface area contributed by atoms with Crippen molar-refractivity contribution in [1.82, 2.24) is 10.2 Å². The van der Waals surface area contributed by atoms with Crippen molar-refractivity contribution in [3.8, 4) is 0 Å². The predicted molar refractivity (Wildman–Crippen MR) is 80.5 cm³/mol. The summed E-state index contributed by atoms with van der Waals surface area (Å²) in [4.78, 5) is 14.4. The van der Waals surface area contributed by atoms with Gasteiger partial charge in [-0.05, 0) is 43.4 Å². The second kappa shape index (κ2) is 5.74. The van der Waals surface area contributed by atoms with Crippen LogP contribution >= 0.6 is 11.6 Å². The molecule has 4 heteroatoms. The Labute approximate surface area is 125 Å². The van der Waals surface area contributed by atoms with Crippen molar-refractivity contribution in [3.05, 3.63) is 34.9 Å². The maximum atomic E-state index is 12.4. The SMILES string of the molecule is CC1NC(c2ccc(Cl)cc2)N(CC2CCCC2)C1=O. The van der Waals surface area contributed by atoms with Crippen LogP contribution in [-0.4, -0.2) is 23.4 Å². The van der Waals surface area contributed by atoms with Gasteiger partial charge in [-0.3, -0.25) is 10.1 Å². The minimum absolute atomic E-state index is 0.00429. The van der Waals surface area contributed by atoms with Crippen molar-refractivity contribution in [2.75, 3.05) is 6.54 Å². The number of nitrogens with one attached hydrogen (secondary N) is 1. The fourth-order valence-electron chi connectivity index (χ4n) is 3.36. The summed E-state index contributed by atoms with van der Waals surface area (Å²) < 4.78 is 0. The van der Waals surface area contributed by atoms with E-state index in [0.29, 0.717) is 5.92 Å². The van der Waals surface area contributed by atoms with Crippen LogP contribution < -0.4 is 5.32 Å². The third-order valence-electron chi connectivity index (χ3n) is 4.49. The number of halogens is 1. The summed E-state index contributed by atoms with van der Waals surface area (Å²) in [6.07, 6.45) is 5.12. The standard InChI is InChI=1S/C16H21ClN2O/c1-11-16(20)19(10-12-4-2-3-5-12)15(18-11)13-6-8-14(17)9-7-13/h6-9,11-12,15,18H,2-5,10H2,1H3. The highest BCUT2D eigenvalue weighted by Crippen LogP contribution is 2.31. The first-order chi connectivity index (χ1) is 9.65. The number of hydrogen-bond donors (Lipinski definition) is 1. The van der Waals surface area contributed by atoms with Gasteiger partial charge < -0.3 is 4.90 Å². The summed E-state index contributed by atoms with van der Waals surface area (Å²) in [7, 11) is 0. The van der Waals surface area contributed by atoms with E-state index in [1.807, 2.05) is 36.1 Å².